The summed E-state index contributed by atoms with van der Waals surface area (Å²) in [6.45, 7) is 0. The minimum Gasteiger partial charge on any atom is -0.497 e. The number of ether oxygens (including phenoxy) is 2. The molecule has 0 radical (unpaired) electrons. The van der Waals surface area contributed by atoms with E-state index in [0.717, 1.165) is 10.8 Å². The number of benzene rings is 3. The van der Waals surface area contributed by atoms with E-state index in [1.54, 1.807) is 36.4 Å². The van der Waals surface area contributed by atoms with E-state index in [-0.39, 0.29) is 16.1 Å². The van der Waals surface area contributed by atoms with Crippen LogP contribution < -0.4 is 25.4 Å². The Morgan fingerprint density at radius 2 is 1.62 bits per heavy atom. The number of H-pyrrole nitrogens is 1. The second-order valence-corrected chi connectivity index (χ2v) is 9.27. The van der Waals surface area contributed by atoms with Crippen molar-refractivity contribution in [1.82, 2.24) is 9.55 Å². The quantitative estimate of drug-likeness (QED) is 0.301. The standard InChI is InChI=1S/C25H22N4O7S/c1-35-18-11-9-17(10-12-18)29-24(31)20(23(30)27-25(29)32)15-26-16-7-13-19(14-8-16)37(33,34)28-21-5-3-4-6-22(21)36-2/h3-15,28,31H,1-2H3,(H,27,30,32). The molecule has 0 aliphatic rings. The summed E-state index contributed by atoms with van der Waals surface area (Å²) in [6, 6.07) is 18.4. The lowest BCUT2D eigenvalue weighted by atomic mass is 10.2. The molecule has 0 unspecified atom stereocenters. The predicted octanol–water partition coefficient (Wildman–Crippen LogP) is 2.80. The Bertz CT molecular complexity index is 1670. The summed E-state index contributed by atoms with van der Waals surface area (Å²) in [4.78, 5) is 31.0. The number of aliphatic imine (C=N–C) groups is 1. The van der Waals surface area contributed by atoms with E-state index < -0.39 is 27.2 Å². The van der Waals surface area contributed by atoms with Crippen LogP contribution in [0.25, 0.3) is 5.69 Å². The van der Waals surface area contributed by atoms with Crippen LogP contribution in [0.1, 0.15) is 5.56 Å². The molecular formula is C25H22N4O7S. The molecule has 0 aliphatic heterocycles. The van der Waals surface area contributed by atoms with Gasteiger partial charge in [-0.15, -0.1) is 0 Å². The molecule has 0 saturated heterocycles. The van der Waals surface area contributed by atoms with E-state index in [9.17, 15) is 23.1 Å². The fourth-order valence-corrected chi connectivity index (χ4v) is 4.48. The van der Waals surface area contributed by atoms with Gasteiger partial charge >= 0.3 is 5.69 Å². The molecular weight excluding hydrogens is 500 g/mol. The number of nitrogens with zero attached hydrogens (tertiary/aromatic N) is 2. The van der Waals surface area contributed by atoms with Gasteiger partial charge in [-0.3, -0.25) is 19.5 Å². The first kappa shape index (κ1) is 25.3. The monoisotopic (exact) mass is 522 g/mol. The molecule has 4 rings (SSSR count). The third-order valence-corrected chi connectivity index (χ3v) is 6.67. The summed E-state index contributed by atoms with van der Waals surface area (Å²) in [6.07, 6.45) is 1.09. The van der Waals surface area contributed by atoms with Gasteiger partial charge in [-0.1, -0.05) is 12.1 Å². The van der Waals surface area contributed by atoms with Gasteiger partial charge < -0.3 is 14.6 Å². The SMILES string of the molecule is COc1ccc(-n2c(O)c(C=Nc3ccc(S(=O)(=O)Nc4ccccc4OC)cc3)c(=O)[nH]c2=O)cc1. The van der Waals surface area contributed by atoms with E-state index in [0.29, 0.717) is 22.9 Å². The van der Waals surface area contributed by atoms with Crippen molar-refractivity contribution in [2.24, 2.45) is 4.99 Å². The summed E-state index contributed by atoms with van der Waals surface area (Å²) in [7, 11) is -0.985. The Labute approximate surface area is 211 Å². The maximum atomic E-state index is 12.8. The highest BCUT2D eigenvalue weighted by atomic mass is 32.2. The number of nitrogens with one attached hydrogen (secondary N) is 2. The molecule has 1 aromatic heterocycles. The Morgan fingerprint density at radius 1 is 0.946 bits per heavy atom. The molecule has 0 atom stereocenters. The van der Waals surface area contributed by atoms with Crippen molar-refractivity contribution >= 4 is 27.6 Å². The van der Waals surface area contributed by atoms with Gasteiger partial charge in [0.25, 0.3) is 15.6 Å². The lowest BCUT2D eigenvalue weighted by Gasteiger charge is -2.11. The van der Waals surface area contributed by atoms with Gasteiger partial charge in [0.1, 0.15) is 17.1 Å². The fourth-order valence-electron chi connectivity index (χ4n) is 3.41. The molecule has 0 aliphatic carbocycles. The van der Waals surface area contributed by atoms with Gasteiger partial charge in [-0.05, 0) is 60.7 Å². The number of hydrogen-bond acceptors (Lipinski definition) is 8. The van der Waals surface area contributed by atoms with Crippen molar-refractivity contribution in [2.45, 2.75) is 4.90 Å². The number of aromatic nitrogens is 2. The molecule has 0 fully saturated rings. The Balaban J connectivity index is 1.61. The molecule has 0 bridgehead atoms. The minimum absolute atomic E-state index is 0.0221. The summed E-state index contributed by atoms with van der Waals surface area (Å²) < 4.78 is 39.2. The molecule has 0 saturated carbocycles. The number of anilines is 1. The molecule has 3 aromatic carbocycles. The van der Waals surface area contributed by atoms with Gasteiger partial charge in [0, 0.05) is 6.21 Å². The number of sulfonamides is 1. The maximum Gasteiger partial charge on any atom is 0.335 e. The summed E-state index contributed by atoms with van der Waals surface area (Å²) in [5.74, 6) is 0.308. The third-order valence-electron chi connectivity index (χ3n) is 5.29. The number of methoxy groups -OCH3 is 2. The number of hydrogen-bond donors (Lipinski definition) is 3. The lowest BCUT2D eigenvalue weighted by molar-refractivity contribution is 0.414. The van der Waals surface area contributed by atoms with Crippen LogP contribution in [0, 0.1) is 0 Å². The predicted molar refractivity (Wildman–Crippen MR) is 138 cm³/mol. The highest BCUT2D eigenvalue weighted by Crippen LogP contribution is 2.27. The second-order valence-electron chi connectivity index (χ2n) is 7.59. The Hall–Kier alpha value is -4.84. The average Bonchev–Trinajstić information content (AvgIpc) is 2.89. The first-order valence-electron chi connectivity index (χ1n) is 10.8. The van der Waals surface area contributed by atoms with E-state index >= 15 is 0 Å². The topological polar surface area (TPSA) is 152 Å². The zero-order chi connectivity index (χ0) is 26.6. The van der Waals surface area contributed by atoms with Crippen LogP contribution in [0.3, 0.4) is 0 Å². The lowest BCUT2D eigenvalue weighted by Crippen LogP contribution is -2.31. The smallest absolute Gasteiger partial charge is 0.335 e. The number of para-hydroxylation sites is 2. The van der Waals surface area contributed by atoms with Crippen LogP contribution in [0.5, 0.6) is 17.4 Å². The zero-order valence-electron chi connectivity index (χ0n) is 19.7. The number of rotatable bonds is 8. The largest absolute Gasteiger partial charge is 0.497 e. The van der Waals surface area contributed by atoms with Crippen LogP contribution in [0.2, 0.25) is 0 Å². The van der Waals surface area contributed by atoms with E-state index in [2.05, 4.69) is 14.7 Å². The van der Waals surface area contributed by atoms with E-state index in [1.165, 1.54) is 50.6 Å². The van der Waals surface area contributed by atoms with Gasteiger partial charge in [0.15, 0.2) is 0 Å². The maximum absolute atomic E-state index is 12.8. The van der Waals surface area contributed by atoms with Crippen molar-refractivity contribution in [2.75, 3.05) is 18.9 Å². The van der Waals surface area contributed by atoms with Crippen molar-refractivity contribution in [3.63, 3.8) is 0 Å². The molecule has 0 spiro atoms. The molecule has 3 N–H and O–H groups in total. The molecule has 0 amide bonds. The summed E-state index contributed by atoms with van der Waals surface area (Å²) >= 11 is 0. The van der Waals surface area contributed by atoms with Crippen LogP contribution in [0.4, 0.5) is 11.4 Å². The Morgan fingerprint density at radius 3 is 2.27 bits per heavy atom. The molecule has 4 aromatic rings. The zero-order valence-corrected chi connectivity index (χ0v) is 20.5. The van der Waals surface area contributed by atoms with Gasteiger partial charge in [0.2, 0.25) is 5.88 Å². The Kier molecular flexibility index (Phi) is 7.11. The molecule has 190 valence electrons. The van der Waals surface area contributed by atoms with Crippen LogP contribution in [-0.4, -0.2) is 43.5 Å². The van der Waals surface area contributed by atoms with E-state index in [1.807, 2.05) is 0 Å². The number of aromatic amines is 1. The average molecular weight is 523 g/mol. The molecule has 1 heterocycles. The van der Waals surface area contributed by atoms with E-state index in [4.69, 9.17) is 9.47 Å². The molecule has 11 nitrogen and oxygen atoms in total. The van der Waals surface area contributed by atoms with Gasteiger partial charge in [-0.25, -0.2) is 17.8 Å². The van der Waals surface area contributed by atoms with Crippen molar-refractivity contribution in [3.8, 4) is 23.1 Å². The fraction of sp³-hybridized carbons (Fsp3) is 0.0800. The van der Waals surface area contributed by atoms with Crippen LogP contribution >= 0.6 is 0 Å². The normalized spacial score (nSPS) is 11.4. The van der Waals surface area contributed by atoms with Crippen LogP contribution in [-0.2, 0) is 10.0 Å². The first-order chi connectivity index (χ1) is 17.7. The van der Waals surface area contributed by atoms with Crippen molar-refractivity contribution in [3.05, 3.63) is 99.2 Å². The molecule has 12 heteroatoms. The number of aromatic hydroxyl groups is 1. The van der Waals surface area contributed by atoms with Gasteiger partial charge in [0.05, 0.1) is 36.2 Å². The van der Waals surface area contributed by atoms with Crippen molar-refractivity contribution in [1.29, 1.82) is 0 Å². The second kappa shape index (κ2) is 10.4. The summed E-state index contributed by atoms with van der Waals surface area (Å²) in [5, 5.41) is 10.7. The third kappa shape index (κ3) is 5.38. The van der Waals surface area contributed by atoms with Crippen LogP contribution in [0.15, 0.2) is 92.3 Å². The highest BCUT2D eigenvalue weighted by Gasteiger charge is 2.17. The van der Waals surface area contributed by atoms with Crippen molar-refractivity contribution < 1.29 is 23.0 Å². The summed E-state index contributed by atoms with van der Waals surface area (Å²) in [5.41, 5.74) is -1.04. The minimum atomic E-state index is -3.91. The first-order valence-corrected chi connectivity index (χ1v) is 12.2. The van der Waals surface area contributed by atoms with Gasteiger partial charge in [-0.2, -0.15) is 0 Å². The molecule has 37 heavy (non-hydrogen) atoms. The highest BCUT2D eigenvalue weighted by molar-refractivity contribution is 7.92.